The number of aromatic nitrogens is 4. The number of carbonyl (C=O) groups is 4. The molecular weight excluding hydrogens is 506 g/mol. The van der Waals surface area contributed by atoms with Gasteiger partial charge in [-0.3, -0.25) is 24.3 Å². The van der Waals surface area contributed by atoms with Crippen LogP contribution in [0.3, 0.4) is 0 Å². The molecule has 1 N–H and O–H groups in total. The lowest BCUT2D eigenvalue weighted by molar-refractivity contribution is -0.166. The molecule has 0 radical (unpaired) electrons. The predicted molar refractivity (Wildman–Crippen MR) is 128 cm³/mol. The van der Waals surface area contributed by atoms with Crippen molar-refractivity contribution < 1.29 is 47.6 Å². The van der Waals surface area contributed by atoms with Gasteiger partial charge in [-0.25, -0.2) is 9.78 Å². The molecule has 2 aromatic rings. The first-order valence-electron chi connectivity index (χ1n) is 11.3. The standard InChI is InChI=1S/C23H27N5O10/c1-6-8-33-20-16-19(25-22(26-20)27-23(32)34-9-7-2)28(11-24-16)21-18(37-14(5)31)17(36-13(4)30)15(38-21)10-35-12(3)29/h6-7,11,15,17-18,21H,1-2,8-10H2,3-5H3,(H,25,26,27,32)/t15-,17-,18-,21-/m1/s1. The van der Waals surface area contributed by atoms with Crippen LogP contribution in [0.1, 0.15) is 27.0 Å². The van der Waals surface area contributed by atoms with Gasteiger partial charge in [-0.05, 0) is 0 Å². The van der Waals surface area contributed by atoms with Crippen LogP contribution >= 0.6 is 0 Å². The second kappa shape index (κ2) is 12.6. The van der Waals surface area contributed by atoms with Crippen LogP contribution in [0.25, 0.3) is 11.2 Å². The number of hydrogen-bond donors (Lipinski definition) is 1. The molecule has 0 saturated carbocycles. The summed E-state index contributed by atoms with van der Waals surface area (Å²) in [7, 11) is 0. The molecule has 3 rings (SSSR count). The Kier molecular flexibility index (Phi) is 9.32. The van der Waals surface area contributed by atoms with Crippen molar-refractivity contribution in [3.8, 4) is 5.88 Å². The molecule has 0 bridgehead atoms. The van der Waals surface area contributed by atoms with E-state index in [1.54, 1.807) is 0 Å². The summed E-state index contributed by atoms with van der Waals surface area (Å²) in [5.74, 6) is -2.14. The number of nitrogens with one attached hydrogen (secondary N) is 1. The summed E-state index contributed by atoms with van der Waals surface area (Å²) in [5, 5.41) is 2.38. The second-order valence-corrected chi connectivity index (χ2v) is 7.80. The lowest BCUT2D eigenvalue weighted by Gasteiger charge is -2.23. The van der Waals surface area contributed by atoms with Gasteiger partial charge in [0.15, 0.2) is 29.6 Å². The maximum atomic E-state index is 12.1. The molecule has 38 heavy (non-hydrogen) atoms. The number of hydrogen-bond acceptors (Lipinski definition) is 13. The van der Waals surface area contributed by atoms with Gasteiger partial charge >= 0.3 is 24.0 Å². The van der Waals surface area contributed by atoms with Crippen LogP contribution in [0, 0.1) is 0 Å². The summed E-state index contributed by atoms with van der Waals surface area (Å²) in [6.45, 7) is 10.3. The third-order valence-corrected chi connectivity index (χ3v) is 4.89. The van der Waals surface area contributed by atoms with E-state index in [1.165, 1.54) is 43.8 Å². The quantitative estimate of drug-likeness (QED) is 0.249. The summed E-state index contributed by atoms with van der Waals surface area (Å²) in [5.41, 5.74) is 0.282. The van der Waals surface area contributed by atoms with Crippen molar-refractivity contribution in [2.24, 2.45) is 0 Å². The van der Waals surface area contributed by atoms with Gasteiger partial charge in [0.2, 0.25) is 11.8 Å². The van der Waals surface area contributed by atoms with Crippen LogP contribution in [0.15, 0.2) is 31.6 Å². The smallest absolute Gasteiger partial charge is 0.414 e. The van der Waals surface area contributed by atoms with Gasteiger partial charge in [0.05, 0.1) is 6.33 Å². The minimum atomic E-state index is -1.18. The van der Waals surface area contributed by atoms with Crippen molar-refractivity contribution in [2.75, 3.05) is 25.1 Å². The number of ether oxygens (including phenoxy) is 6. The Labute approximate surface area is 216 Å². The molecule has 1 aliphatic rings. The number of nitrogens with zero attached hydrogens (tertiary/aromatic N) is 4. The van der Waals surface area contributed by atoms with E-state index in [9.17, 15) is 19.2 Å². The maximum Gasteiger partial charge on any atom is 0.414 e. The van der Waals surface area contributed by atoms with Gasteiger partial charge in [0, 0.05) is 20.8 Å². The Bertz CT molecular complexity index is 1230. The van der Waals surface area contributed by atoms with Crippen molar-refractivity contribution in [2.45, 2.75) is 45.3 Å². The van der Waals surface area contributed by atoms with E-state index in [2.05, 4.69) is 33.4 Å². The zero-order chi connectivity index (χ0) is 27.8. The molecule has 4 atom stereocenters. The molecule has 1 aliphatic heterocycles. The largest absolute Gasteiger partial charge is 0.472 e. The number of imidazole rings is 1. The molecule has 15 nitrogen and oxygen atoms in total. The Hall–Kier alpha value is -4.53. The highest BCUT2D eigenvalue weighted by Gasteiger charge is 2.51. The average molecular weight is 533 g/mol. The molecule has 0 aliphatic carbocycles. The molecule has 2 aromatic heterocycles. The summed E-state index contributed by atoms with van der Waals surface area (Å²) < 4.78 is 33.8. The highest BCUT2D eigenvalue weighted by molar-refractivity contribution is 5.85. The molecule has 1 fully saturated rings. The minimum Gasteiger partial charge on any atom is -0.472 e. The zero-order valence-electron chi connectivity index (χ0n) is 20.9. The van der Waals surface area contributed by atoms with Gasteiger partial charge in [-0.15, -0.1) is 0 Å². The number of esters is 3. The van der Waals surface area contributed by atoms with E-state index in [0.717, 1.165) is 0 Å². The normalized spacial score (nSPS) is 20.3. The first-order valence-corrected chi connectivity index (χ1v) is 11.3. The van der Waals surface area contributed by atoms with Crippen LogP contribution in [0.4, 0.5) is 10.7 Å². The SMILES string of the molecule is C=CCOC(=O)Nc1nc(OCC=C)c2ncn([C@@H]3O[C@H](COC(C)=O)[C@@H](OC(C)=O)[C@H]3OC(C)=O)c2n1. The molecule has 204 valence electrons. The Morgan fingerprint density at radius 1 is 1.00 bits per heavy atom. The Morgan fingerprint density at radius 2 is 1.68 bits per heavy atom. The van der Waals surface area contributed by atoms with Crippen molar-refractivity contribution in [3.63, 3.8) is 0 Å². The third kappa shape index (κ3) is 6.82. The van der Waals surface area contributed by atoms with Gasteiger partial charge < -0.3 is 28.4 Å². The van der Waals surface area contributed by atoms with Crippen LogP contribution in [0.2, 0.25) is 0 Å². The van der Waals surface area contributed by atoms with Gasteiger partial charge in [-0.1, -0.05) is 25.3 Å². The maximum absolute atomic E-state index is 12.1. The number of anilines is 1. The van der Waals surface area contributed by atoms with E-state index in [0.29, 0.717) is 0 Å². The van der Waals surface area contributed by atoms with E-state index in [1.807, 2.05) is 0 Å². The molecule has 1 amide bonds. The van der Waals surface area contributed by atoms with Crippen molar-refractivity contribution in [3.05, 3.63) is 31.6 Å². The lowest BCUT2D eigenvalue weighted by Crippen LogP contribution is -2.40. The predicted octanol–water partition coefficient (Wildman–Crippen LogP) is 1.45. The summed E-state index contributed by atoms with van der Waals surface area (Å²) >= 11 is 0. The van der Waals surface area contributed by atoms with Crippen molar-refractivity contribution >= 4 is 41.1 Å². The summed E-state index contributed by atoms with van der Waals surface area (Å²) in [6.07, 6.45) is -1.13. The molecule has 0 aromatic carbocycles. The average Bonchev–Trinajstić information content (AvgIpc) is 3.40. The molecule has 3 heterocycles. The third-order valence-electron chi connectivity index (χ3n) is 4.89. The summed E-state index contributed by atoms with van der Waals surface area (Å²) in [6, 6.07) is 0. The fourth-order valence-electron chi connectivity index (χ4n) is 3.55. The van der Waals surface area contributed by atoms with Crippen LogP contribution in [-0.4, -0.2) is 81.7 Å². The molecule has 0 spiro atoms. The number of rotatable bonds is 11. The first kappa shape index (κ1) is 28.0. The van der Waals surface area contributed by atoms with E-state index in [4.69, 9.17) is 28.4 Å². The van der Waals surface area contributed by atoms with Gasteiger partial charge in [-0.2, -0.15) is 9.97 Å². The Morgan fingerprint density at radius 3 is 2.32 bits per heavy atom. The molecule has 1 saturated heterocycles. The van der Waals surface area contributed by atoms with Crippen LogP contribution in [0.5, 0.6) is 5.88 Å². The first-order chi connectivity index (χ1) is 18.1. The fourth-order valence-corrected chi connectivity index (χ4v) is 3.55. The Balaban J connectivity index is 2.07. The highest BCUT2D eigenvalue weighted by atomic mass is 16.7. The lowest BCUT2D eigenvalue weighted by atomic mass is 10.1. The monoisotopic (exact) mass is 533 g/mol. The van der Waals surface area contributed by atoms with Gasteiger partial charge in [0.1, 0.15) is 25.9 Å². The topological polar surface area (TPSA) is 179 Å². The second-order valence-electron chi connectivity index (χ2n) is 7.80. The van der Waals surface area contributed by atoms with Crippen molar-refractivity contribution in [1.82, 2.24) is 19.5 Å². The highest BCUT2D eigenvalue weighted by Crippen LogP contribution is 2.37. The summed E-state index contributed by atoms with van der Waals surface area (Å²) in [4.78, 5) is 60.1. The number of fused-ring (bicyclic) bond motifs is 1. The van der Waals surface area contributed by atoms with Crippen LogP contribution < -0.4 is 10.1 Å². The fraction of sp³-hybridized carbons (Fsp3) is 0.435. The van der Waals surface area contributed by atoms with E-state index < -0.39 is 48.5 Å². The zero-order valence-corrected chi connectivity index (χ0v) is 20.9. The number of carbonyl (C=O) groups excluding carboxylic acids is 4. The number of amides is 1. The molecule has 0 unspecified atom stereocenters. The van der Waals surface area contributed by atoms with Gasteiger partial charge in [0.25, 0.3) is 0 Å². The minimum absolute atomic E-state index is 0.00250. The van der Waals surface area contributed by atoms with E-state index in [-0.39, 0.29) is 42.8 Å². The van der Waals surface area contributed by atoms with E-state index >= 15 is 0 Å². The van der Waals surface area contributed by atoms with Crippen LogP contribution in [-0.2, 0) is 38.1 Å². The molecule has 15 heteroatoms. The van der Waals surface area contributed by atoms with Crippen molar-refractivity contribution in [1.29, 1.82) is 0 Å². The molecular formula is C23H27N5O10.